The second-order valence-corrected chi connectivity index (χ2v) is 2.39. The molecule has 0 aliphatic rings. The van der Waals surface area contributed by atoms with E-state index < -0.39 is 0 Å². The minimum Gasteiger partial charge on any atom is -0.0628 e. The van der Waals surface area contributed by atoms with Crippen LogP contribution in [-0.2, 0) is 0 Å². The van der Waals surface area contributed by atoms with E-state index in [1.54, 1.807) is 0 Å². The fourth-order valence-corrected chi connectivity index (χ4v) is 0.553. The van der Waals surface area contributed by atoms with E-state index in [2.05, 4.69) is 20.8 Å². The molecule has 0 spiro atoms. The van der Waals surface area contributed by atoms with Crippen LogP contribution in [0.25, 0.3) is 0 Å². The van der Waals surface area contributed by atoms with Gasteiger partial charge >= 0.3 is 0 Å². The van der Waals surface area contributed by atoms with E-state index in [9.17, 15) is 0 Å². The molecular formula is C7H18Al. The maximum Gasteiger partial charge on any atom is 0.187 e. The summed E-state index contributed by atoms with van der Waals surface area (Å²) in [5.74, 6) is 0.863. The van der Waals surface area contributed by atoms with Gasteiger partial charge < -0.3 is 0 Å². The summed E-state index contributed by atoms with van der Waals surface area (Å²) in [6, 6.07) is 0. The van der Waals surface area contributed by atoms with E-state index in [1.165, 1.54) is 12.8 Å². The summed E-state index contributed by atoms with van der Waals surface area (Å²) >= 11 is 0. The van der Waals surface area contributed by atoms with Gasteiger partial charge in [-0.2, -0.15) is 0 Å². The van der Waals surface area contributed by atoms with Gasteiger partial charge in [-0.05, 0) is 5.92 Å². The molecule has 0 aromatic carbocycles. The predicted molar refractivity (Wildman–Crippen MR) is 44.0 cm³/mol. The van der Waals surface area contributed by atoms with Gasteiger partial charge in [0, 0.05) is 0 Å². The minimum absolute atomic E-state index is 0. The van der Waals surface area contributed by atoms with Crippen molar-refractivity contribution in [3.05, 3.63) is 6.92 Å². The van der Waals surface area contributed by atoms with Crippen LogP contribution in [0.4, 0.5) is 0 Å². The molecule has 0 bridgehead atoms. The van der Waals surface area contributed by atoms with Crippen LogP contribution in [0.3, 0.4) is 0 Å². The summed E-state index contributed by atoms with van der Waals surface area (Å²) in [6.07, 6.45) is 3.72. The number of rotatable bonds is 3. The van der Waals surface area contributed by atoms with Crippen molar-refractivity contribution >= 4 is 17.4 Å². The van der Waals surface area contributed by atoms with E-state index in [0.717, 1.165) is 12.3 Å². The van der Waals surface area contributed by atoms with E-state index in [0.29, 0.717) is 0 Å². The molecule has 0 aliphatic heterocycles. The first-order chi connectivity index (χ1) is 3.27. The Bertz CT molecular complexity index is 33.4. The van der Waals surface area contributed by atoms with E-state index in [-0.39, 0.29) is 17.4 Å². The molecular weight excluding hydrogens is 111 g/mol. The molecule has 0 fully saturated rings. The third-order valence-corrected chi connectivity index (χ3v) is 1.03. The summed E-state index contributed by atoms with van der Waals surface area (Å²) in [6.45, 7) is 8.25. The zero-order valence-electron chi connectivity index (χ0n) is 5.41. The van der Waals surface area contributed by atoms with Gasteiger partial charge in [-0.1, -0.05) is 40.0 Å². The van der Waals surface area contributed by atoms with Crippen LogP contribution < -0.4 is 0 Å². The lowest BCUT2D eigenvalue weighted by Crippen LogP contribution is -1.84. The molecule has 0 aliphatic carbocycles. The minimum atomic E-state index is 0. The monoisotopic (exact) mass is 129 g/mol. The van der Waals surface area contributed by atoms with Crippen molar-refractivity contribution in [2.75, 3.05) is 0 Å². The van der Waals surface area contributed by atoms with Crippen molar-refractivity contribution in [3.8, 4) is 0 Å². The molecule has 0 rings (SSSR count). The summed E-state index contributed by atoms with van der Waals surface area (Å²) in [4.78, 5) is 0. The molecule has 0 N–H and O–H groups in total. The number of unbranched alkanes of at least 4 members (excludes halogenated alkanes) is 1. The van der Waals surface area contributed by atoms with E-state index in [1.807, 2.05) is 0 Å². The van der Waals surface area contributed by atoms with Crippen LogP contribution in [0.1, 0.15) is 33.1 Å². The zero-order chi connectivity index (χ0) is 5.70. The lowest BCUT2D eigenvalue weighted by atomic mass is 10.1. The standard InChI is InChI=1S/C7H15.Al.3H/c1-4-5-6-7(2)3;;;;/h7H,1,4-6H2,2-3H3;;;;. The van der Waals surface area contributed by atoms with Gasteiger partial charge in [0.25, 0.3) is 0 Å². The smallest absolute Gasteiger partial charge is 0.0628 e. The van der Waals surface area contributed by atoms with Crippen molar-refractivity contribution < 1.29 is 0 Å². The Labute approximate surface area is 63.8 Å². The normalized spacial score (nSPS) is 9.00. The Hall–Kier alpha value is 0.532. The molecule has 0 aromatic heterocycles. The third-order valence-electron chi connectivity index (χ3n) is 1.03. The Kier molecular flexibility index (Phi) is 10.7. The first-order valence-corrected chi connectivity index (χ1v) is 3.06. The van der Waals surface area contributed by atoms with Gasteiger partial charge in [0.2, 0.25) is 0 Å². The molecule has 1 heteroatoms. The van der Waals surface area contributed by atoms with E-state index >= 15 is 0 Å². The predicted octanol–water partition coefficient (Wildman–Crippen LogP) is 1.46. The molecule has 0 saturated heterocycles. The molecule has 8 heavy (non-hydrogen) atoms. The van der Waals surface area contributed by atoms with Gasteiger partial charge in [-0.15, -0.1) is 0 Å². The van der Waals surface area contributed by atoms with E-state index in [4.69, 9.17) is 0 Å². The Balaban J connectivity index is 0. The molecule has 1 radical (unpaired) electrons. The Morgan fingerprint density at radius 3 is 2.00 bits per heavy atom. The summed E-state index contributed by atoms with van der Waals surface area (Å²) in [5, 5.41) is 0. The quantitative estimate of drug-likeness (QED) is 0.506. The van der Waals surface area contributed by atoms with Crippen molar-refractivity contribution in [3.63, 3.8) is 0 Å². The van der Waals surface area contributed by atoms with Gasteiger partial charge in [-0.25, -0.2) is 0 Å². The summed E-state index contributed by atoms with van der Waals surface area (Å²) < 4.78 is 0. The SMILES string of the molecule is [AlH3].[CH2]CCCC(C)C. The van der Waals surface area contributed by atoms with Gasteiger partial charge in [0.05, 0.1) is 0 Å². The molecule has 0 amide bonds. The highest BCUT2D eigenvalue weighted by Gasteiger charge is 1.88. The molecule has 0 heterocycles. The maximum absolute atomic E-state index is 3.76. The average molecular weight is 129 g/mol. The molecule has 0 atom stereocenters. The fourth-order valence-electron chi connectivity index (χ4n) is 0.553. The Morgan fingerprint density at radius 2 is 1.88 bits per heavy atom. The lowest BCUT2D eigenvalue weighted by molar-refractivity contribution is 0.559. The third kappa shape index (κ3) is 9.73. The second kappa shape index (κ2) is 7.53. The first-order valence-electron chi connectivity index (χ1n) is 3.06. The van der Waals surface area contributed by atoms with Crippen LogP contribution >= 0.6 is 0 Å². The van der Waals surface area contributed by atoms with Crippen LogP contribution in [0.5, 0.6) is 0 Å². The van der Waals surface area contributed by atoms with Gasteiger partial charge in [-0.3, -0.25) is 0 Å². The number of hydrogen-bond acceptors (Lipinski definition) is 0. The van der Waals surface area contributed by atoms with Crippen LogP contribution in [0.15, 0.2) is 0 Å². The van der Waals surface area contributed by atoms with Crippen molar-refractivity contribution in [2.45, 2.75) is 33.1 Å². The van der Waals surface area contributed by atoms with Crippen LogP contribution in [0.2, 0.25) is 0 Å². The summed E-state index contributed by atoms with van der Waals surface area (Å²) in [5.41, 5.74) is 0. The molecule has 0 saturated carbocycles. The molecule has 0 nitrogen and oxygen atoms in total. The van der Waals surface area contributed by atoms with Crippen molar-refractivity contribution in [2.24, 2.45) is 5.92 Å². The topological polar surface area (TPSA) is 0 Å². The van der Waals surface area contributed by atoms with Crippen molar-refractivity contribution in [1.82, 2.24) is 0 Å². The Morgan fingerprint density at radius 1 is 1.38 bits per heavy atom. The molecule has 0 unspecified atom stereocenters. The number of hydrogen-bond donors (Lipinski definition) is 0. The molecule has 0 aromatic rings. The summed E-state index contributed by atoms with van der Waals surface area (Å²) in [7, 11) is 0. The van der Waals surface area contributed by atoms with Gasteiger partial charge in [0.15, 0.2) is 17.4 Å². The van der Waals surface area contributed by atoms with Gasteiger partial charge in [0.1, 0.15) is 0 Å². The maximum atomic E-state index is 3.76. The largest absolute Gasteiger partial charge is 0.187 e. The van der Waals surface area contributed by atoms with Crippen LogP contribution in [0, 0.1) is 12.8 Å². The van der Waals surface area contributed by atoms with Crippen LogP contribution in [-0.4, -0.2) is 17.4 Å². The second-order valence-electron chi connectivity index (χ2n) is 2.39. The van der Waals surface area contributed by atoms with Crippen molar-refractivity contribution in [1.29, 1.82) is 0 Å². The zero-order valence-corrected chi connectivity index (χ0v) is 5.41. The first kappa shape index (κ1) is 11.3. The highest BCUT2D eigenvalue weighted by atomic mass is 27.0. The lowest BCUT2D eigenvalue weighted by Gasteiger charge is -1.98. The highest BCUT2D eigenvalue weighted by Crippen LogP contribution is 2.04. The fraction of sp³-hybridized carbons (Fsp3) is 0.857. The molecule has 49 valence electrons. The highest BCUT2D eigenvalue weighted by molar-refractivity contribution is 5.75. The average Bonchev–Trinajstić information content (AvgIpc) is 1.61.